The summed E-state index contributed by atoms with van der Waals surface area (Å²) in [6.45, 7) is 4.79. The van der Waals surface area contributed by atoms with Crippen molar-refractivity contribution in [3.8, 4) is 5.75 Å². The topological polar surface area (TPSA) is 49.3 Å². The van der Waals surface area contributed by atoms with Crippen molar-refractivity contribution in [2.45, 2.75) is 20.3 Å². The van der Waals surface area contributed by atoms with Crippen molar-refractivity contribution in [1.82, 2.24) is 5.32 Å². The predicted octanol–water partition coefficient (Wildman–Crippen LogP) is 1.71. The first-order chi connectivity index (χ1) is 7.08. The van der Waals surface area contributed by atoms with Crippen molar-refractivity contribution in [2.24, 2.45) is 5.92 Å². The molecule has 0 aromatic heterocycles. The fourth-order valence-electron chi connectivity index (χ4n) is 1.23. The van der Waals surface area contributed by atoms with Gasteiger partial charge in [0.05, 0.1) is 6.42 Å². The molecule has 1 aromatic carbocycles. The number of carbonyl (C=O) groups is 1. The van der Waals surface area contributed by atoms with Gasteiger partial charge in [-0.05, 0) is 23.6 Å². The van der Waals surface area contributed by atoms with Gasteiger partial charge in [0.2, 0.25) is 5.91 Å². The van der Waals surface area contributed by atoms with Gasteiger partial charge in [-0.25, -0.2) is 0 Å². The van der Waals surface area contributed by atoms with Crippen LogP contribution in [-0.2, 0) is 11.2 Å². The minimum atomic E-state index is -0.00528. The third kappa shape index (κ3) is 4.49. The molecule has 15 heavy (non-hydrogen) atoms. The van der Waals surface area contributed by atoms with E-state index in [0.717, 1.165) is 5.56 Å². The first kappa shape index (κ1) is 11.6. The Labute approximate surface area is 90.1 Å². The van der Waals surface area contributed by atoms with Gasteiger partial charge in [0.15, 0.2) is 0 Å². The van der Waals surface area contributed by atoms with Gasteiger partial charge in [0.1, 0.15) is 5.75 Å². The Morgan fingerprint density at radius 1 is 1.47 bits per heavy atom. The molecule has 0 heterocycles. The van der Waals surface area contributed by atoms with Crippen LogP contribution in [0.1, 0.15) is 19.4 Å². The molecule has 0 radical (unpaired) electrons. The highest BCUT2D eigenvalue weighted by Gasteiger charge is 2.04. The smallest absolute Gasteiger partial charge is 0.224 e. The number of hydrogen-bond acceptors (Lipinski definition) is 2. The fourth-order valence-corrected chi connectivity index (χ4v) is 1.23. The summed E-state index contributed by atoms with van der Waals surface area (Å²) in [6.07, 6.45) is 0.321. The molecule has 0 aliphatic carbocycles. The first-order valence-electron chi connectivity index (χ1n) is 5.12. The molecule has 3 heteroatoms. The zero-order chi connectivity index (χ0) is 11.3. The van der Waals surface area contributed by atoms with E-state index in [-0.39, 0.29) is 11.7 Å². The number of nitrogens with one attached hydrogen (secondary N) is 1. The molecule has 0 aliphatic rings. The van der Waals surface area contributed by atoms with Crippen molar-refractivity contribution < 1.29 is 9.90 Å². The van der Waals surface area contributed by atoms with Crippen LogP contribution in [0.25, 0.3) is 0 Å². The van der Waals surface area contributed by atoms with E-state index in [9.17, 15) is 9.90 Å². The average Bonchev–Trinajstić information content (AvgIpc) is 2.15. The fraction of sp³-hybridized carbons (Fsp3) is 0.417. The Balaban J connectivity index is 2.44. The lowest BCUT2D eigenvalue weighted by Crippen LogP contribution is -2.28. The highest BCUT2D eigenvalue weighted by atomic mass is 16.3. The van der Waals surface area contributed by atoms with Gasteiger partial charge < -0.3 is 10.4 Å². The zero-order valence-corrected chi connectivity index (χ0v) is 9.16. The highest BCUT2D eigenvalue weighted by molar-refractivity contribution is 5.78. The van der Waals surface area contributed by atoms with Crippen LogP contribution in [0.5, 0.6) is 5.75 Å². The lowest BCUT2D eigenvalue weighted by molar-refractivity contribution is -0.120. The quantitative estimate of drug-likeness (QED) is 0.789. The summed E-state index contributed by atoms with van der Waals surface area (Å²) in [6, 6.07) is 6.76. The molecule has 0 fully saturated rings. The molecule has 1 amide bonds. The van der Waals surface area contributed by atoms with E-state index in [0.29, 0.717) is 18.9 Å². The number of carbonyl (C=O) groups excluding carboxylic acids is 1. The highest BCUT2D eigenvalue weighted by Crippen LogP contribution is 2.11. The summed E-state index contributed by atoms with van der Waals surface area (Å²) in [5.41, 5.74) is 0.830. The number of phenols is 1. The number of aromatic hydroxyl groups is 1. The van der Waals surface area contributed by atoms with Crippen LogP contribution in [0.4, 0.5) is 0 Å². The Hall–Kier alpha value is -1.51. The molecule has 0 aliphatic heterocycles. The molecule has 3 nitrogen and oxygen atoms in total. The van der Waals surface area contributed by atoms with Crippen LogP contribution in [0.15, 0.2) is 24.3 Å². The molecule has 1 rings (SSSR count). The summed E-state index contributed by atoms with van der Waals surface area (Å²) in [5.74, 6) is 0.650. The lowest BCUT2D eigenvalue weighted by atomic mass is 10.1. The van der Waals surface area contributed by atoms with Crippen LogP contribution in [0.2, 0.25) is 0 Å². The molecule has 0 saturated heterocycles. The lowest BCUT2D eigenvalue weighted by Gasteiger charge is -2.07. The second kappa shape index (κ2) is 5.39. The molecule has 0 bridgehead atoms. The van der Waals surface area contributed by atoms with Gasteiger partial charge in [-0.3, -0.25) is 4.79 Å². The Morgan fingerprint density at radius 3 is 2.80 bits per heavy atom. The third-order valence-electron chi connectivity index (χ3n) is 1.98. The Kier molecular flexibility index (Phi) is 4.16. The summed E-state index contributed by atoms with van der Waals surface area (Å²) >= 11 is 0. The predicted molar refractivity (Wildman–Crippen MR) is 59.7 cm³/mol. The molecule has 1 aromatic rings. The van der Waals surface area contributed by atoms with Gasteiger partial charge in [-0.2, -0.15) is 0 Å². The molecule has 0 atom stereocenters. The average molecular weight is 207 g/mol. The van der Waals surface area contributed by atoms with Crippen molar-refractivity contribution in [3.63, 3.8) is 0 Å². The van der Waals surface area contributed by atoms with E-state index in [1.54, 1.807) is 18.2 Å². The van der Waals surface area contributed by atoms with Crippen LogP contribution in [0.3, 0.4) is 0 Å². The second-order valence-corrected chi connectivity index (χ2v) is 4.04. The van der Waals surface area contributed by atoms with Crippen molar-refractivity contribution in [2.75, 3.05) is 6.54 Å². The van der Waals surface area contributed by atoms with E-state index >= 15 is 0 Å². The summed E-state index contributed by atoms with van der Waals surface area (Å²) < 4.78 is 0. The normalized spacial score (nSPS) is 10.3. The van der Waals surface area contributed by atoms with Crippen molar-refractivity contribution in [3.05, 3.63) is 29.8 Å². The minimum absolute atomic E-state index is 0.00528. The largest absolute Gasteiger partial charge is 0.508 e. The van der Waals surface area contributed by atoms with Crippen LogP contribution < -0.4 is 5.32 Å². The Bertz CT molecular complexity index is 334. The second-order valence-electron chi connectivity index (χ2n) is 4.04. The minimum Gasteiger partial charge on any atom is -0.508 e. The molecule has 2 N–H and O–H groups in total. The molecule has 0 saturated carbocycles. The van der Waals surface area contributed by atoms with Crippen LogP contribution in [0, 0.1) is 5.92 Å². The van der Waals surface area contributed by atoms with E-state index in [1.165, 1.54) is 0 Å². The number of rotatable bonds is 4. The third-order valence-corrected chi connectivity index (χ3v) is 1.98. The molecule has 0 spiro atoms. The molecular formula is C12H17NO2. The van der Waals surface area contributed by atoms with Gasteiger partial charge in [0.25, 0.3) is 0 Å². The molecular weight excluding hydrogens is 190 g/mol. The van der Waals surface area contributed by atoms with E-state index in [1.807, 2.05) is 6.07 Å². The maximum atomic E-state index is 11.4. The van der Waals surface area contributed by atoms with E-state index < -0.39 is 0 Å². The number of hydrogen-bond donors (Lipinski definition) is 2. The maximum Gasteiger partial charge on any atom is 0.224 e. The standard InChI is InChI=1S/C12H17NO2/c1-9(2)8-13-12(15)7-10-4-3-5-11(14)6-10/h3-6,9,14H,7-8H2,1-2H3,(H,13,15). The van der Waals surface area contributed by atoms with E-state index in [4.69, 9.17) is 0 Å². The molecule has 82 valence electrons. The number of benzene rings is 1. The summed E-state index contributed by atoms with van der Waals surface area (Å²) in [5, 5.41) is 12.0. The van der Waals surface area contributed by atoms with Crippen molar-refractivity contribution >= 4 is 5.91 Å². The van der Waals surface area contributed by atoms with Crippen LogP contribution >= 0.6 is 0 Å². The monoisotopic (exact) mass is 207 g/mol. The van der Waals surface area contributed by atoms with E-state index in [2.05, 4.69) is 19.2 Å². The van der Waals surface area contributed by atoms with Gasteiger partial charge >= 0.3 is 0 Å². The summed E-state index contributed by atoms with van der Waals surface area (Å²) in [4.78, 5) is 11.4. The first-order valence-corrected chi connectivity index (χ1v) is 5.12. The zero-order valence-electron chi connectivity index (χ0n) is 9.16. The summed E-state index contributed by atoms with van der Waals surface area (Å²) in [7, 11) is 0. The maximum absolute atomic E-state index is 11.4. The van der Waals surface area contributed by atoms with Gasteiger partial charge in [0, 0.05) is 6.54 Å². The van der Waals surface area contributed by atoms with Crippen molar-refractivity contribution in [1.29, 1.82) is 0 Å². The number of phenolic OH excluding ortho intramolecular Hbond substituents is 1. The van der Waals surface area contributed by atoms with Crippen LogP contribution in [-0.4, -0.2) is 17.6 Å². The van der Waals surface area contributed by atoms with Gasteiger partial charge in [-0.15, -0.1) is 0 Å². The molecule has 0 unspecified atom stereocenters. The number of amides is 1. The van der Waals surface area contributed by atoms with Gasteiger partial charge in [-0.1, -0.05) is 26.0 Å². The SMILES string of the molecule is CC(C)CNC(=O)Cc1cccc(O)c1. The Morgan fingerprint density at radius 2 is 2.20 bits per heavy atom.